The quantitative estimate of drug-likeness (QED) is 0.132. The number of rotatable bonds is 9. The zero-order chi connectivity index (χ0) is 50.5. The van der Waals surface area contributed by atoms with E-state index in [1.165, 1.54) is 33.4 Å². The maximum Gasteiger partial charge on any atom is 0.197 e. The lowest BCUT2D eigenvalue weighted by Gasteiger charge is -2.20. The highest BCUT2D eigenvalue weighted by molar-refractivity contribution is 6.14. The van der Waals surface area contributed by atoms with Crippen LogP contribution in [0, 0.1) is 6.57 Å². The molecule has 0 aliphatic rings. The van der Waals surface area contributed by atoms with Crippen molar-refractivity contribution in [2.24, 2.45) is 0 Å². The fourth-order valence-corrected chi connectivity index (χ4v) is 11.5. The van der Waals surface area contributed by atoms with E-state index in [4.69, 9.17) is 11.6 Å². The maximum absolute atomic E-state index is 9.02. The zero-order valence-electron chi connectivity index (χ0n) is 41.3. The van der Waals surface area contributed by atoms with Crippen molar-refractivity contribution in [1.82, 2.24) is 14.1 Å². The highest BCUT2D eigenvalue weighted by atomic mass is 15.1. The third-order valence-electron chi connectivity index (χ3n) is 15.0. The van der Waals surface area contributed by atoms with Crippen molar-refractivity contribution in [3.05, 3.63) is 290 Å². The number of benzene rings is 11. The Kier molecular flexibility index (Phi) is 10.9. The van der Waals surface area contributed by atoms with Crippen LogP contribution >= 0.6 is 0 Å². The Morgan fingerprint density at radius 3 is 1.05 bits per heavy atom. The third kappa shape index (κ3) is 7.57. The molecule has 0 saturated carbocycles. The van der Waals surface area contributed by atoms with Crippen LogP contribution in [0.3, 0.4) is 0 Å². The van der Waals surface area contributed by atoms with Crippen molar-refractivity contribution in [2.45, 2.75) is 0 Å². The van der Waals surface area contributed by atoms with Crippen molar-refractivity contribution in [1.29, 1.82) is 0 Å². The van der Waals surface area contributed by atoms with Gasteiger partial charge in [-0.25, -0.2) is 9.83 Å². The number of hydrogen-bond acceptors (Lipinski definition) is 1. The van der Waals surface area contributed by atoms with Gasteiger partial charge < -0.3 is 9.13 Å². The number of para-hydroxylation sites is 2. The Labute approximate surface area is 441 Å². The summed E-state index contributed by atoms with van der Waals surface area (Å²) in [6.07, 6.45) is 0. The summed E-state index contributed by atoms with van der Waals surface area (Å²) in [5.74, 6) is 0. The lowest BCUT2D eigenvalue weighted by atomic mass is 9.94. The molecule has 0 N–H and O–H groups in total. The van der Waals surface area contributed by atoms with E-state index in [1.54, 1.807) is 0 Å². The molecular weight excluding hydrogens is 921 g/mol. The summed E-state index contributed by atoms with van der Waals surface area (Å²) < 4.78 is 4.81. The van der Waals surface area contributed by atoms with Gasteiger partial charge in [0, 0.05) is 32.7 Å². The Morgan fingerprint density at radius 1 is 0.263 bits per heavy atom. The van der Waals surface area contributed by atoms with Crippen LogP contribution in [-0.4, -0.2) is 14.1 Å². The van der Waals surface area contributed by atoms with Crippen LogP contribution in [0.15, 0.2) is 279 Å². The highest BCUT2D eigenvalue weighted by Gasteiger charge is 2.24. The predicted octanol–water partition coefficient (Wildman–Crippen LogP) is 19.5. The van der Waals surface area contributed by atoms with E-state index in [0.717, 1.165) is 99.8 Å². The molecule has 3 aromatic heterocycles. The first-order valence-electron chi connectivity index (χ1n) is 25.7. The Bertz CT molecular complexity index is 4510. The molecule has 14 rings (SSSR count). The highest BCUT2D eigenvalue weighted by Crippen LogP contribution is 2.46. The summed E-state index contributed by atoms with van der Waals surface area (Å²) in [6.45, 7) is 9.02. The molecule has 0 atom stereocenters. The second-order valence-corrected chi connectivity index (χ2v) is 19.3. The second kappa shape index (κ2) is 18.6. The molecule has 76 heavy (non-hydrogen) atoms. The molecule has 0 fully saturated rings. The maximum atomic E-state index is 9.02. The molecule has 0 spiro atoms. The molecule has 3 heterocycles. The van der Waals surface area contributed by atoms with Crippen molar-refractivity contribution in [3.8, 4) is 89.5 Å². The lowest BCUT2D eigenvalue weighted by Crippen LogP contribution is -2.04. The number of pyridine rings is 1. The van der Waals surface area contributed by atoms with Gasteiger partial charge >= 0.3 is 0 Å². The first-order valence-corrected chi connectivity index (χ1v) is 25.7. The fraction of sp³-hybridized carbons (Fsp3) is 0. The summed E-state index contributed by atoms with van der Waals surface area (Å²) in [4.78, 5) is 9.67. The second-order valence-electron chi connectivity index (χ2n) is 19.3. The number of fused-ring (bicyclic) bond motifs is 6. The van der Waals surface area contributed by atoms with E-state index < -0.39 is 0 Å². The Balaban J connectivity index is 1.06. The van der Waals surface area contributed by atoms with Gasteiger partial charge in [-0.1, -0.05) is 218 Å². The molecule has 0 saturated heterocycles. The Morgan fingerprint density at radius 2 is 0.618 bits per heavy atom. The first-order chi connectivity index (χ1) is 37.7. The summed E-state index contributed by atoms with van der Waals surface area (Å²) in [6, 6.07) is 99.2. The minimum atomic E-state index is 0.544. The van der Waals surface area contributed by atoms with Crippen LogP contribution in [0.4, 0.5) is 5.69 Å². The minimum Gasteiger partial charge on any atom is -0.308 e. The molecule has 11 aromatic carbocycles. The van der Waals surface area contributed by atoms with Gasteiger partial charge in [-0.15, -0.1) is 0 Å². The van der Waals surface area contributed by atoms with E-state index in [2.05, 4.69) is 257 Å². The zero-order valence-corrected chi connectivity index (χ0v) is 41.3. The minimum absolute atomic E-state index is 0.544. The Hall–Kier alpha value is -10.3. The van der Waals surface area contributed by atoms with Gasteiger partial charge in [0.25, 0.3) is 0 Å². The van der Waals surface area contributed by atoms with E-state index in [1.807, 2.05) is 36.4 Å². The molecule has 4 nitrogen and oxygen atoms in total. The molecule has 0 aliphatic heterocycles. The molecule has 14 aromatic rings. The first kappa shape index (κ1) is 44.4. The van der Waals surface area contributed by atoms with Crippen LogP contribution in [0.5, 0.6) is 0 Å². The van der Waals surface area contributed by atoms with E-state index in [9.17, 15) is 0 Å². The third-order valence-corrected chi connectivity index (χ3v) is 15.0. The van der Waals surface area contributed by atoms with Crippen molar-refractivity contribution < 1.29 is 0 Å². The van der Waals surface area contributed by atoms with Gasteiger partial charge in [0.2, 0.25) is 0 Å². The number of nitrogens with zero attached hydrogens (tertiary/aromatic N) is 4. The normalized spacial score (nSPS) is 11.4. The van der Waals surface area contributed by atoms with Gasteiger partial charge in [-0.05, 0) is 116 Å². The SMILES string of the molecule is [C-]#[N+]c1cc(-n2c3ccccc3c3cc(-c4ccccc4-c4ccccc4)ccc32)c(-n2c3ccccc3c3cc(-c4ccccc4-c4ccccc4)ccc32)cc1-c1cc(-c2ccccc2)nc(-c2ccccc2)c1. The van der Waals surface area contributed by atoms with Crippen LogP contribution < -0.4 is 0 Å². The predicted molar refractivity (Wildman–Crippen MR) is 317 cm³/mol. The van der Waals surface area contributed by atoms with Gasteiger partial charge in [-0.3, -0.25) is 0 Å². The lowest BCUT2D eigenvalue weighted by molar-refractivity contribution is 1.10. The van der Waals surface area contributed by atoms with Crippen LogP contribution in [0.25, 0.3) is 138 Å². The topological polar surface area (TPSA) is 27.1 Å². The van der Waals surface area contributed by atoms with Crippen molar-refractivity contribution in [2.75, 3.05) is 0 Å². The van der Waals surface area contributed by atoms with E-state index in [0.29, 0.717) is 5.69 Å². The summed E-state index contributed by atoms with van der Waals surface area (Å²) in [5.41, 5.74) is 21.4. The molecule has 0 aliphatic carbocycles. The molecular formula is C72H46N4. The molecule has 0 amide bonds. The van der Waals surface area contributed by atoms with Crippen molar-refractivity contribution in [3.63, 3.8) is 0 Å². The van der Waals surface area contributed by atoms with E-state index >= 15 is 0 Å². The number of hydrogen-bond donors (Lipinski definition) is 0. The van der Waals surface area contributed by atoms with Gasteiger partial charge in [-0.2, -0.15) is 0 Å². The average Bonchev–Trinajstić information content (AvgIpc) is 4.04. The van der Waals surface area contributed by atoms with Crippen molar-refractivity contribution >= 4 is 49.3 Å². The molecule has 354 valence electrons. The van der Waals surface area contributed by atoms with Gasteiger partial charge in [0.15, 0.2) is 5.69 Å². The summed E-state index contributed by atoms with van der Waals surface area (Å²) >= 11 is 0. The number of aromatic nitrogens is 3. The van der Waals surface area contributed by atoms with Gasteiger partial charge in [0.05, 0.1) is 51.4 Å². The van der Waals surface area contributed by atoms with Crippen LogP contribution in [0.2, 0.25) is 0 Å². The average molecular weight is 967 g/mol. The smallest absolute Gasteiger partial charge is 0.197 e. The van der Waals surface area contributed by atoms with E-state index in [-0.39, 0.29) is 0 Å². The molecule has 0 unspecified atom stereocenters. The largest absolute Gasteiger partial charge is 0.308 e. The summed E-state index contributed by atoms with van der Waals surface area (Å²) in [5, 5.41) is 4.55. The van der Waals surface area contributed by atoms with Crippen LogP contribution in [0.1, 0.15) is 0 Å². The van der Waals surface area contributed by atoms with Gasteiger partial charge in [0.1, 0.15) is 0 Å². The standard InChI is InChI=1S/C72H46N4/c1-73-66-47-72(76-68-37-21-19-35-60(68)63-43-53(39-41-70(63)76)58-33-17-15-31-56(58)49-24-8-3-9-25-49)71(46-61(66)54-44-64(50-26-10-4-11-27-50)74-65(45-54)51-28-12-5-13-29-51)75-67-36-20-18-34-59(67)62-42-52(38-40-69(62)75)57-32-16-14-30-55(57)48-22-6-2-7-23-48/h2-47H. The molecule has 0 radical (unpaired) electrons. The molecule has 4 heteroatoms. The summed E-state index contributed by atoms with van der Waals surface area (Å²) in [7, 11) is 0. The molecule has 0 bridgehead atoms. The van der Waals surface area contributed by atoms with Crippen LogP contribution in [-0.2, 0) is 0 Å². The fourth-order valence-electron chi connectivity index (χ4n) is 11.5. The monoisotopic (exact) mass is 966 g/mol.